The lowest BCUT2D eigenvalue weighted by Crippen LogP contribution is -2.37. The highest BCUT2D eigenvalue weighted by molar-refractivity contribution is 4.80. The zero-order valence-electron chi connectivity index (χ0n) is 8.47. The van der Waals surface area contributed by atoms with E-state index in [-0.39, 0.29) is 0 Å². The maximum atomic E-state index is 5.08. The minimum atomic E-state index is 0.505. The lowest BCUT2D eigenvalue weighted by Gasteiger charge is -2.18. The predicted octanol–water partition coefficient (Wildman–Crippen LogP) is 1.80. The Morgan fingerprint density at radius 3 is 2.75 bits per heavy atom. The van der Waals surface area contributed by atoms with Crippen LogP contribution in [0.4, 0.5) is 0 Å². The molecule has 0 spiro atoms. The Hall–Kier alpha value is -0.0800. The van der Waals surface area contributed by atoms with E-state index in [9.17, 15) is 0 Å². The fourth-order valence-corrected chi connectivity index (χ4v) is 2.06. The van der Waals surface area contributed by atoms with E-state index in [1.54, 1.807) is 7.11 Å². The van der Waals surface area contributed by atoms with E-state index in [2.05, 4.69) is 19.2 Å². The fraction of sp³-hybridized carbons (Fsp3) is 1.00. The van der Waals surface area contributed by atoms with Crippen molar-refractivity contribution >= 4 is 0 Å². The van der Waals surface area contributed by atoms with Crippen molar-refractivity contribution in [2.24, 2.45) is 5.92 Å². The highest BCUT2D eigenvalue weighted by Crippen LogP contribution is 2.24. The highest BCUT2D eigenvalue weighted by Gasteiger charge is 2.21. The van der Waals surface area contributed by atoms with Gasteiger partial charge in [0.2, 0.25) is 0 Å². The third-order valence-electron chi connectivity index (χ3n) is 2.63. The third kappa shape index (κ3) is 3.11. The molecule has 2 heteroatoms. The summed E-state index contributed by atoms with van der Waals surface area (Å²) in [6, 6.07) is 1.25. The molecule has 0 aromatic rings. The summed E-state index contributed by atoms with van der Waals surface area (Å²) in [6.45, 7) is 5.35. The van der Waals surface area contributed by atoms with Crippen molar-refractivity contribution in [1.29, 1.82) is 0 Å². The van der Waals surface area contributed by atoms with Crippen LogP contribution in [0.5, 0.6) is 0 Å². The van der Waals surface area contributed by atoms with Crippen molar-refractivity contribution in [1.82, 2.24) is 5.32 Å². The van der Waals surface area contributed by atoms with Crippen LogP contribution in [0.3, 0.4) is 0 Å². The monoisotopic (exact) mass is 171 g/mol. The van der Waals surface area contributed by atoms with Crippen molar-refractivity contribution in [3.8, 4) is 0 Å². The SMILES string of the molecule is COC[C@H](C)N[C@@H]1CC[C@H](C)C1. The lowest BCUT2D eigenvalue weighted by molar-refractivity contribution is 0.166. The molecule has 3 atom stereocenters. The molecule has 0 bridgehead atoms. The van der Waals surface area contributed by atoms with E-state index >= 15 is 0 Å². The van der Waals surface area contributed by atoms with Crippen LogP contribution in [0.1, 0.15) is 33.1 Å². The number of hydrogen-bond donors (Lipinski definition) is 1. The summed E-state index contributed by atoms with van der Waals surface area (Å²) in [5.41, 5.74) is 0. The van der Waals surface area contributed by atoms with Gasteiger partial charge in [-0.05, 0) is 32.1 Å². The van der Waals surface area contributed by atoms with E-state index in [0.29, 0.717) is 6.04 Å². The van der Waals surface area contributed by atoms with Crippen LogP contribution in [-0.2, 0) is 4.74 Å². The second-order valence-electron chi connectivity index (χ2n) is 4.14. The Kier molecular flexibility index (Phi) is 4.02. The van der Waals surface area contributed by atoms with Crippen molar-refractivity contribution < 1.29 is 4.74 Å². The van der Waals surface area contributed by atoms with Gasteiger partial charge in [-0.1, -0.05) is 6.92 Å². The van der Waals surface area contributed by atoms with Crippen LogP contribution in [0, 0.1) is 5.92 Å². The van der Waals surface area contributed by atoms with Gasteiger partial charge in [0.05, 0.1) is 6.61 Å². The average Bonchev–Trinajstić information content (AvgIpc) is 2.36. The summed E-state index contributed by atoms with van der Waals surface area (Å²) in [7, 11) is 1.76. The van der Waals surface area contributed by atoms with Crippen molar-refractivity contribution in [2.45, 2.75) is 45.2 Å². The first kappa shape index (κ1) is 10.0. The minimum Gasteiger partial charge on any atom is -0.383 e. The lowest BCUT2D eigenvalue weighted by atomic mass is 10.1. The number of ether oxygens (including phenoxy) is 1. The molecule has 0 aliphatic heterocycles. The average molecular weight is 171 g/mol. The largest absolute Gasteiger partial charge is 0.383 e. The van der Waals surface area contributed by atoms with E-state index in [1.165, 1.54) is 19.3 Å². The third-order valence-corrected chi connectivity index (χ3v) is 2.63. The molecule has 0 aromatic carbocycles. The maximum Gasteiger partial charge on any atom is 0.0613 e. The summed E-state index contributed by atoms with van der Waals surface area (Å²) < 4.78 is 5.08. The molecule has 72 valence electrons. The van der Waals surface area contributed by atoms with Gasteiger partial charge in [0.15, 0.2) is 0 Å². The van der Waals surface area contributed by atoms with Crippen LogP contribution in [-0.4, -0.2) is 25.8 Å². The van der Waals surface area contributed by atoms with Gasteiger partial charge in [-0.25, -0.2) is 0 Å². The molecule has 1 aliphatic rings. The summed E-state index contributed by atoms with van der Waals surface area (Å²) in [4.78, 5) is 0. The van der Waals surface area contributed by atoms with Crippen molar-refractivity contribution in [2.75, 3.05) is 13.7 Å². The molecule has 1 aliphatic carbocycles. The molecule has 1 N–H and O–H groups in total. The molecule has 0 aromatic heterocycles. The normalized spacial score (nSPS) is 32.2. The fourth-order valence-electron chi connectivity index (χ4n) is 2.06. The van der Waals surface area contributed by atoms with E-state index < -0.39 is 0 Å². The standard InChI is InChI=1S/C10H21NO/c1-8-4-5-10(6-8)11-9(2)7-12-3/h8-11H,4-7H2,1-3H3/t8-,9-,10+/m0/s1. The molecule has 1 saturated carbocycles. The zero-order valence-corrected chi connectivity index (χ0v) is 8.47. The van der Waals surface area contributed by atoms with Crippen LogP contribution >= 0.6 is 0 Å². The number of methoxy groups -OCH3 is 1. The van der Waals surface area contributed by atoms with Gasteiger partial charge in [-0.2, -0.15) is 0 Å². The molecule has 1 fully saturated rings. The first-order valence-corrected chi connectivity index (χ1v) is 4.97. The summed E-state index contributed by atoms with van der Waals surface area (Å²) >= 11 is 0. The maximum absolute atomic E-state index is 5.08. The molecular weight excluding hydrogens is 150 g/mol. The molecule has 0 saturated heterocycles. The van der Waals surface area contributed by atoms with Gasteiger partial charge >= 0.3 is 0 Å². The Labute approximate surface area is 75.7 Å². The van der Waals surface area contributed by atoms with Crippen LogP contribution < -0.4 is 5.32 Å². The molecule has 12 heavy (non-hydrogen) atoms. The van der Waals surface area contributed by atoms with Crippen LogP contribution in [0.25, 0.3) is 0 Å². The quantitative estimate of drug-likeness (QED) is 0.696. The molecule has 0 unspecified atom stereocenters. The van der Waals surface area contributed by atoms with Gasteiger partial charge in [0.1, 0.15) is 0 Å². The summed E-state index contributed by atoms with van der Waals surface area (Å²) in [5, 5.41) is 3.59. The topological polar surface area (TPSA) is 21.3 Å². The number of nitrogens with one attached hydrogen (secondary N) is 1. The van der Waals surface area contributed by atoms with Crippen LogP contribution in [0.15, 0.2) is 0 Å². The zero-order chi connectivity index (χ0) is 8.97. The number of rotatable bonds is 4. The Balaban J connectivity index is 2.14. The molecular formula is C10H21NO. The summed E-state index contributed by atoms with van der Waals surface area (Å²) in [5.74, 6) is 0.914. The summed E-state index contributed by atoms with van der Waals surface area (Å²) in [6.07, 6.45) is 4.07. The van der Waals surface area contributed by atoms with Gasteiger partial charge in [-0.3, -0.25) is 0 Å². The van der Waals surface area contributed by atoms with Crippen LogP contribution in [0.2, 0.25) is 0 Å². The first-order chi connectivity index (χ1) is 5.72. The Bertz CT molecular complexity index is 127. The van der Waals surface area contributed by atoms with Crippen molar-refractivity contribution in [3.05, 3.63) is 0 Å². The first-order valence-electron chi connectivity index (χ1n) is 4.97. The van der Waals surface area contributed by atoms with Gasteiger partial charge in [0.25, 0.3) is 0 Å². The molecule has 1 rings (SSSR count). The smallest absolute Gasteiger partial charge is 0.0613 e. The highest BCUT2D eigenvalue weighted by atomic mass is 16.5. The second kappa shape index (κ2) is 4.83. The Morgan fingerprint density at radius 2 is 2.25 bits per heavy atom. The van der Waals surface area contributed by atoms with E-state index in [0.717, 1.165) is 18.6 Å². The predicted molar refractivity (Wildman–Crippen MR) is 51.3 cm³/mol. The number of hydrogen-bond acceptors (Lipinski definition) is 2. The second-order valence-corrected chi connectivity index (χ2v) is 4.14. The Morgan fingerprint density at radius 1 is 1.50 bits per heavy atom. The van der Waals surface area contributed by atoms with E-state index in [1.807, 2.05) is 0 Å². The van der Waals surface area contributed by atoms with Crippen molar-refractivity contribution in [3.63, 3.8) is 0 Å². The van der Waals surface area contributed by atoms with Gasteiger partial charge in [0, 0.05) is 19.2 Å². The minimum absolute atomic E-state index is 0.505. The van der Waals surface area contributed by atoms with E-state index in [4.69, 9.17) is 4.74 Å². The van der Waals surface area contributed by atoms with Gasteiger partial charge in [-0.15, -0.1) is 0 Å². The molecule has 0 heterocycles. The van der Waals surface area contributed by atoms with Gasteiger partial charge < -0.3 is 10.1 Å². The molecule has 2 nitrogen and oxygen atoms in total. The molecule has 0 radical (unpaired) electrons. The molecule has 0 amide bonds.